The molecule has 0 saturated heterocycles. The van der Waals surface area contributed by atoms with Crippen LogP contribution in [0.3, 0.4) is 0 Å². The van der Waals surface area contributed by atoms with E-state index in [0.29, 0.717) is 16.3 Å². The van der Waals surface area contributed by atoms with Crippen LogP contribution in [-0.2, 0) is 21.2 Å². The van der Waals surface area contributed by atoms with Crippen LogP contribution in [0.25, 0.3) is 0 Å². The number of carbonyl (C=O) groups is 1. The second-order valence-corrected chi connectivity index (χ2v) is 8.73. The Hall–Kier alpha value is -2.74. The number of nitrogens with one attached hydrogen (secondary N) is 2. The molecule has 0 aliphatic heterocycles. The maximum atomic E-state index is 12.9. The van der Waals surface area contributed by atoms with Crippen LogP contribution >= 0.6 is 23.2 Å². The van der Waals surface area contributed by atoms with Crippen LogP contribution in [0.1, 0.15) is 5.56 Å². The van der Waals surface area contributed by atoms with E-state index in [1.807, 2.05) is 0 Å². The molecule has 0 unspecified atom stereocenters. The Morgan fingerprint density at radius 1 is 0.967 bits per heavy atom. The second kappa shape index (κ2) is 9.38. The van der Waals surface area contributed by atoms with Crippen molar-refractivity contribution in [2.24, 2.45) is 0 Å². The monoisotopic (exact) mass is 464 g/mol. The van der Waals surface area contributed by atoms with Gasteiger partial charge in [0.05, 0.1) is 24.2 Å². The summed E-state index contributed by atoms with van der Waals surface area (Å²) in [7, 11) is -2.67. The van der Waals surface area contributed by atoms with Crippen LogP contribution in [0.15, 0.2) is 71.6 Å². The van der Waals surface area contributed by atoms with Gasteiger partial charge in [-0.05, 0) is 42.0 Å². The van der Waals surface area contributed by atoms with Crippen LogP contribution in [0.2, 0.25) is 10.0 Å². The fourth-order valence-electron chi connectivity index (χ4n) is 2.73. The lowest BCUT2D eigenvalue weighted by Gasteiger charge is -2.14. The Bertz CT molecular complexity index is 1180. The molecule has 0 heterocycles. The van der Waals surface area contributed by atoms with Crippen molar-refractivity contribution in [1.29, 1.82) is 0 Å². The number of hydrogen-bond acceptors (Lipinski definition) is 4. The number of ether oxygens (including phenoxy) is 1. The van der Waals surface area contributed by atoms with E-state index < -0.39 is 10.0 Å². The molecule has 0 aliphatic rings. The molecule has 6 nitrogen and oxygen atoms in total. The zero-order valence-corrected chi connectivity index (χ0v) is 18.2. The number of rotatable bonds is 7. The quantitative estimate of drug-likeness (QED) is 0.515. The molecule has 1 amide bonds. The van der Waals surface area contributed by atoms with Crippen molar-refractivity contribution in [2.45, 2.75) is 11.3 Å². The Balaban J connectivity index is 1.85. The molecule has 0 aliphatic carbocycles. The average Bonchev–Trinajstić information content (AvgIpc) is 2.71. The van der Waals surface area contributed by atoms with Gasteiger partial charge >= 0.3 is 0 Å². The Kier molecular flexibility index (Phi) is 6.87. The summed E-state index contributed by atoms with van der Waals surface area (Å²) in [4.78, 5) is 12.3. The third-order valence-electron chi connectivity index (χ3n) is 4.16. The van der Waals surface area contributed by atoms with E-state index in [2.05, 4.69) is 10.0 Å². The predicted octanol–water partition coefficient (Wildman–Crippen LogP) is 4.98. The minimum Gasteiger partial charge on any atom is -0.495 e. The van der Waals surface area contributed by atoms with Crippen LogP contribution in [0.5, 0.6) is 5.75 Å². The van der Waals surface area contributed by atoms with Gasteiger partial charge in [0.25, 0.3) is 10.0 Å². The number of methoxy groups -OCH3 is 1. The number of hydrogen-bond donors (Lipinski definition) is 2. The van der Waals surface area contributed by atoms with Gasteiger partial charge in [0, 0.05) is 10.7 Å². The summed E-state index contributed by atoms with van der Waals surface area (Å²) in [6.45, 7) is 0. The van der Waals surface area contributed by atoms with Crippen LogP contribution in [0.4, 0.5) is 11.4 Å². The number of halogens is 2. The summed E-state index contributed by atoms with van der Waals surface area (Å²) in [5, 5.41) is 3.42. The Morgan fingerprint density at radius 3 is 2.30 bits per heavy atom. The number of amides is 1. The molecule has 30 heavy (non-hydrogen) atoms. The van der Waals surface area contributed by atoms with Crippen molar-refractivity contribution in [1.82, 2.24) is 0 Å². The first-order valence-corrected chi connectivity index (χ1v) is 11.0. The zero-order chi connectivity index (χ0) is 21.7. The fraction of sp³-hybridized carbons (Fsp3) is 0.0952. The number of para-hydroxylation sites is 1. The highest BCUT2D eigenvalue weighted by atomic mass is 35.5. The first kappa shape index (κ1) is 22.0. The summed E-state index contributed by atoms with van der Waals surface area (Å²) in [6.07, 6.45) is 0.0473. The van der Waals surface area contributed by atoms with Crippen molar-refractivity contribution in [3.8, 4) is 5.75 Å². The largest absolute Gasteiger partial charge is 0.495 e. The van der Waals surface area contributed by atoms with Crippen molar-refractivity contribution in [2.75, 3.05) is 17.1 Å². The van der Waals surface area contributed by atoms with Crippen LogP contribution in [-0.4, -0.2) is 21.4 Å². The molecule has 0 spiro atoms. The molecule has 0 saturated carbocycles. The lowest BCUT2D eigenvalue weighted by Crippen LogP contribution is -2.17. The van der Waals surface area contributed by atoms with E-state index in [4.69, 9.17) is 27.9 Å². The summed E-state index contributed by atoms with van der Waals surface area (Å²) in [6, 6.07) is 17.8. The van der Waals surface area contributed by atoms with Gasteiger partial charge in [-0.1, -0.05) is 53.5 Å². The van der Waals surface area contributed by atoms with Crippen molar-refractivity contribution in [3.05, 3.63) is 82.3 Å². The van der Waals surface area contributed by atoms with Gasteiger partial charge in [-0.3, -0.25) is 9.52 Å². The van der Waals surface area contributed by atoms with E-state index in [1.54, 1.807) is 54.6 Å². The highest BCUT2D eigenvalue weighted by Crippen LogP contribution is 2.31. The van der Waals surface area contributed by atoms with E-state index in [0.717, 1.165) is 0 Å². The first-order valence-electron chi connectivity index (χ1n) is 8.79. The van der Waals surface area contributed by atoms with Crippen molar-refractivity contribution in [3.63, 3.8) is 0 Å². The molecule has 3 aromatic carbocycles. The predicted molar refractivity (Wildman–Crippen MR) is 119 cm³/mol. The Morgan fingerprint density at radius 2 is 1.63 bits per heavy atom. The first-order chi connectivity index (χ1) is 14.3. The third-order valence-corrected chi connectivity index (χ3v) is 6.25. The lowest BCUT2D eigenvalue weighted by atomic mass is 10.1. The molecule has 0 atom stereocenters. The minimum atomic E-state index is -4.03. The molecule has 0 aromatic heterocycles. The summed E-state index contributed by atoms with van der Waals surface area (Å²) in [5.41, 5.74) is 1.19. The highest BCUT2D eigenvalue weighted by molar-refractivity contribution is 7.92. The van der Waals surface area contributed by atoms with E-state index in [9.17, 15) is 13.2 Å². The van der Waals surface area contributed by atoms with E-state index in [-0.39, 0.29) is 33.7 Å². The zero-order valence-electron chi connectivity index (χ0n) is 15.9. The standard InChI is InChI=1S/C21H18Cl2N2O4S/c1-29-19-11-10-15(24-21(26)12-14-6-2-3-7-16(14)22)13-20(19)30(27,28)25-18-9-5-4-8-17(18)23/h2-11,13,25H,12H2,1H3,(H,24,26). The number of anilines is 2. The van der Waals surface area contributed by atoms with Crippen molar-refractivity contribution >= 4 is 50.5 Å². The maximum absolute atomic E-state index is 12.9. The minimum absolute atomic E-state index is 0.0473. The normalized spacial score (nSPS) is 11.0. The topological polar surface area (TPSA) is 84.5 Å². The molecular formula is C21H18Cl2N2O4S. The van der Waals surface area contributed by atoms with Crippen LogP contribution in [0, 0.1) is 0 Å². The number of carbonyl (C=O) groups excluding carboxylic acids is 1. The van der Waals surface area contributed by atoms with Gasteiger partial charge in [-0.15, -0.1) is 0 Å². The molecule has 3 aromatic rings. The van der Waals surface area contributed by atoms with Gasteiger partial charge in [0.15, 0.2) is 0 Å². The molecule has 0 bridgehead atoms. The molecule has 9 heteroatoms. The average molecular weight is 465 g/mol. The fourth-order valence-corrected chi connectivity index (χ4v) is 4.45. The van der Waals surface area contributed by atoms with Gasteiger partial charge in [0.2, 0.25) is 5.91 Å². The number of benzene rings is 3. The number of sulfonamides is 1. The second-order valence-electron chi connectivity index (χ2n) is 6.27. The molecule has 0 fully saturated rings. The van der Waals surface area contributed by atoms with E-state index in [1.165, 1.54) is 19.2 Å². The molecule has 156 valence electrons. The van der Waals surface area contributed by atoms with Gasteiger partial charge in [-0.25, -0.2) is 8.42 Å². The summed E-state index contributed by atoms with van der Waals surface area (Å²) < 4.78 is 33.5. The third kappa shape index (κ3) is 5.24. The SMILES string of the molecule is COc1ccc(NC(=O)Cc2ccccc2Cl)cc1S(=O)(=O)Nc1ccccc1Cl. The van der Waals surface area contributed by atoms with Crippen LogP contribution < -0.4 is 14.8 Å². The maximum Gasteiger partial charge on any atom is 0.265 e. The van der Waals surface area contributed by atoms with Gasteiger partial charge in [0.1, 0.15) is 10.6 Å². The highest BCUT2D eigenvalue weighted by Gasteiger charge is 2.22. The van der Waals surface area contributed by atoms with Crippen molar-refractivity contribution < 1.29 is 17.9 Å². The summed E-state index contributed by atoms with van der Waals surface area (Å²) >= 11 is 12.1. The van der Waals surface area contributed by atoms with Gasteiger partial charge < -0.3 is 10.1 Å². The van der Waals surface area contributed by atoms with E-state index >= 15 is 0 Å². The summed E-state index contributed by atoms with van der Waals surface area (Å²) in [5.74, 6) is -0.214. The molecular weight excluding hydrogens is 447 g/mol. The molecule has 3 rings (SSSR count). The smallest absolute Gasteiger partial charge is 0.265 e. The molecule has 2 N–H and O–H groups in total. The lowest BCUT2D eigenvalue weighted by molar-refractivity contribution is -0.115. The van der Waals surface area contributed by atoms with Gasteiger partial charge in [-0.2, -0.15) is 0 Å². The Labute approximate surface area is 184 Å². The molecule has 0 radical (unpaired) electrons.